The SMILES string of the molecule is CC(=O)OCC(=O)[C@@]1(OC(C)=O)CCC2C3CCC4=CC(=O)C=C[C@]4(C)C3[C@@H](O)C[C@@]21C. The van der Waals surface area contributed by atoms with E-state index in [9.17, 15) is 24.3 Å². The van der Waals surface area contributed by atoms with Crippen LogP contribution in [0.15, 0.2) is 23.8 Å². The lowest BCUT2D eigenvalue weighted by molar-refractivity contribution is -0.199. The normalized spacial score (nSPS) is 42.3. The summed E-state index contributed by atoms with van der Waals surface area (Å²) in [5.74, 6) is -1.49. The van der Waals surface area contributed by atoms with Crippen LogP contribution in [-0.4, -0.2) is 46.9 Å². The van der Waals surface area contributed by atoms with Crippen LogP contribution in [0, 0.1) is 28.6 Å². The summed E-state index contributed by atoms with van der Waals surface area (Å²) in [5, 5.41) is 11.5. The minimum absolute atomic E-state index is 0.0168. The lowest BCUT2D eigenvalue weighted by Crippen LogP contribution is -2.63. The maximum atomic E-state index is 13.4. The first kappa shape index (κ1) is 22.9. The highest BCUT2D eigenvalue weighted by molar-refractivity contribution is 6.01. The molecule has 7 nitrogen and oxygen atoms in total. The van der Waals surface area contributed by atoms with Gasteiger partial charge in [-0.2, -0.15) is 0 Å². The van der Waals surface area contributed by atoms with Crippen molar-refractivity contribution < 1.29 is 33.8 Å². The molecule has 0 aromatic rings. The van der Waals surface area contributed by atoms with Crippen molar-refractivity contribution in [2.24, 2.45) is 28.6 Å². The number of carbonyl (C=O) groups excluding carboxylic acids is 4. The summed E-state index contributed by atoms with van der Waals surface area (Å²) in [5.41, 5.74) is -1.56. The molecule has 0 saturated heterocycles. The average molecular weight is 445 g/mol. The van der Waals surface area contributed by atoms with E-state index in [0.29, 0.717) is 19.3 Å². The van der Waals surface area contributed by atoms with Crippen molar-refractivity contribution in [2.45, 2.75) is 71.5 Å². The third-order valence-corrected chi connectivity index (χ3v) is 8.79. The number of fused-ring (bicyclic) bond motifs is 5. The molecule has 7 heteroatoms. The molecule has 0 spiro atoms. The Labute approximate surface area is 188 Å². The quantitative estimate of drug-likeness (QED) is 0.664. The van der Waals surface area contributed by atoms with Gasteiger partial charge in [-0.1, -0.05) is 25.5 Å². The van der Waals surface area contributed by atoms with Crippen molar-refractivity contribution in [3.8, 4) is 0 Å². The van der Waals surface area contributed by atoms with Crippen LogP contribution < -0.4 is 0 Å². The first-order chi connectivity index (χ1) is 14.9. The largest absolute Gasteiger partial charge is 0.458 e. The second-order valence-corrected chi connectivity index (χ2v) is 10.4. The number of hydrogen-bond acceptors (Lipinski definition) is 7. The van der Waals surface area contributed by atoms with Crippen LogP contribution in [0.1, 0.15) is 59.8 Å². The number of hydrogen-bond donors (Lipinski definition) is 1. The Bertz CT molecular complexity index is 933. The van der Waals surface area contributed by atoms with Crippen molar-refractivity contribution >= 4 is 23.5 Å². The number of ether oxygens (including phenoxy) is 2. The first-order valence-corrected chi connectivity index (χ1v) is 11.4. The van der Waals surface area contributed by atoms with Gasteiger partial charge in [-0.25, -0.2) is 0 Å². The highest BCUT2D eigenvalue weighted by atomic mass is 16.6. The molecule has 7 atom stereocenters. The molecule has 174 valence electrons. The van der Waals surface area contributed by atoms with Crippen molar-refractivity contribution in [1.82, 2.24) is 0 Å². The van der Waals surface area contributed by atoms with E-state index >= 15 is 0 Å². The van der Waals surface area contributed by atoms with Gasteiger partial charge in [0.2, 0.25) is 5.78 Å². The molecule has 0 aromatic carbocycles. The van der Waals surface area contributed by atoms with Gasteiger partial charge in [-0.05, 0) is 56.1 Å². The Hall–Kier alpha value is -2.28. The van der Waals surface area contributed by atoms with Crippen molar-refractivity contribution in [3.05, 3.63) is 23.8 Å². The maximum absolute atomic E-state index is 13.4. The van der Waals surface area contributed by atoms with E-state index in [1.165, 1.54) is 13.8 Å². The van der Waals surface area contributed by atoms with Gasteiger partial charge >= 0.3 is 11.9 Å². The third-order valence-electron chi connectivity index (χ3n) is 8.79. The summed E-state index contributed by atoms with van der Waals surface area (Å²) >= 11 is 0. The second-order valence-electron chi connectivity index (χ2n) is 10.4. The summed E-state index contributed by atoms with van der Waals surface area (Å²) in [4.78, 5) is 48.8. The van der Waals surface area contributed by atoms with Gasteiger partial charge in [0.25, 0.3) is 0 Å². The number of aliphatic hydroxyl groups excluding tert-OH is 1. The topological polar surface area (TPSA) is 107 Å². The molecule has 3 fully saturated rings. The predicted octanol–water partition coefficient (Wildman–Crippen LogP) is 2.70. The molecule has 0 bridgehead atoms. The third kappa shape index (κ3) is 3.19. The van der Waals surface area contributed by atoms with Crippen molar-refractivity contribution in [2.75, 3.05) is 6.61 Å². The molecule has 1 N–H and O–H groups in total. The van der Waals surface area contributed by atoms with E-state index in [4.69, 9.17) is 9.47 Å². The van der Waals surface area contributed by atoms with E-state index in [-0.39, 0.29) is 23.5 Å². The molecule has 0 amide bonds. The zero-order valence-electron chi connectivity index (χ0n) is 19.2. The standard InChI is InChI=1S/C25H32O7/c1-14(26)31-13-21(30)25(32-15(2)27)10-8-19-18-6-5-16-11-17(28)7-9-23(16,3)22(18)20(29)12-24(19,25)4/h7,9,11,18-20,22,29H,5-6,8,10,12-13H2,1-4H3/t18?,19?,20-,22?,23-,24-,25-/m0/s1. The number of carbonyl (C=O) groups is 4. The van der Waals surface area contributed by atoms with E-state index in [0.717, 1.165) is 18.4 Å². The van der Waals surface area contributed by atoms with E-state index in [1.54, 1.807) is 12.2 Å². The van der Waals surface area contributed by atoms with Crippen LogP contribution in [-0.2, 0) is 28.7 Å². The zero-order chi connectivity index (χ0) is 23.5. The molecule has 0 aromatic heterocycles. The van der Waals surface area contributed by atoms with Crippen LogP contribution in [0.3, 0.4) is 0 Å². The molecule has 0 aliphatic heterocycles. The lowest BCUT2D eigenvalue weighted by Gasteiger charge is -2.59. The van der Waals surface area contributed by atoms with Crippen LogP contribution in [0.25, 0.3) is 0 Å². The van der Waals surface area contributed by atoms with E-state index in [2.05, 4.69) is 6.92 Å². The number of rotatable bonds is 4. The monoisotopic (exact) mass is 444 g/mol. The molecule has 3 unspecified atom stereocenters. The highest BCUT2D eigenvalue weighted by Gasteiger charge is 2.70. The fraction of sp³-hybridized carbons (Fsp3) is 0.680. The predicted molar refractivity (Wildman–Crippen MR) is 114 cm³/mol. The highest BCUT2D eigenvalue weighted by Crippen LogP contribution is 2.67. The number of ketones is 2. The molecule has 4 rings (SSSR count). The Balaban J connectivity index is 1.73. The molecule has 32 heavy (non-hydrogen) atoms. The number of esters is 2. The number of allylic oxidation sites excluding steroid dienone is 4. The first-order valence-electron chi connectivity index (χ1n) is 11.4. The minimum Gasteiger partial charge on any atom is -0.458 e. The fourth-order valence-corrected chi connectivity index (χ4v) is 7.53. The van der Waals surface area contributed by atoms with Crippen molar-refractivity contribution in [1.29, 1.82) is 0 Å². The molecular formula is C25H32O7. The molecule has 4 aliphatic rings. The molecular weight excluding hydrogens is 412 g/mol. The van der Waals surface area contributed by atoms with Gasteiger partial charge in [0.15, 0.2) is 18.0 Å². The Morgan fingerprint density at radius 3 is 2.53 bits per heavy atom. The fourth-order valence-electron chi connectivity index (χ4n) is 7.53. The summed E-state index contributed by atoms with van der Waals surface area (Å²) in [6, 6.07) is 0. The summed E-state index contributed by atoms with van der Waals surface area (Å²) < 4.78 is 10.8. The molecule has 3 saturated carbocycles. The zero-order valence-corrected chi connectivity index (χ0v) is 19.2. The van der Waals surface area contributed by atoms with Gasteiger partial charge < -0.3 is 14.6 Å². The van der Waals surface area contributed by atoms with Crippen LogP contribution in [0.5, 0.6) is 0 Å². The summed E-state index contributed by atoms with van der Waals surface area (Å²) in [7, 11) is 0. The van der Waals surface area contributed by atoms with Gasteiger partial charge in [0.05, 0.1) is 6.10 Å². The van der Waals surface area contributed by atoms with Crippen LogP contribution in [0.2, 0.25) is 0 Å². The van der Waals surface area contributed by atoms with Crippen molar-refractivity contribution in [3.63, 3.8) is 0 Å². The van der Waals surface area contributed by atoms with E-state index in [1.807, 2.05) is 13.0 Å². The number of Topliss-reactive ketones (excluding diaryl/α,β-unsaturated/α-hetero) is 1. The molecule has 0 radical (unpaired) electrons. The molecule has 0 heterocycles. The van der Waals surface area contributed by atoms with Gasteiger partial charge in [0, 0.05) is 30.6 Å². The summed E-state index contributed by atoms with van der Waals surface area (Å²) in [6.45, 7) is 6.08. The van der Waals surface area contributed by atoms with E-state index < -0.39 is 46.9 Å². The number of aliphatic hydroxyl groups is 1. The lowest BCUT2D eigenvalue weighted by atomic mass is 9.46. The van der Waals surface area contributed by atoms with Crippen LogP contribution >= 0.6 is 0 Å². The Morgan fingerprint density at radius 1 is 1.16 bits per heavy atom. The second kappa shape index (κ2) is 7.65. The van der Waals surface area contributed by atoms with Gasteiger partial charge in [-0.15, -0.1) is 0 Å². The van der Waals surface area contributed by atoms with Crippen LogP contribution in [0.4, 0.5) is 0 Å². The Morgan fingerprint density at radius 2 is 1.88 bits per heavy atom. The smallest absolute Gasteiger partial charge is 0.303 e. The minimum atomic E-state index is -1.43. The molecule has 4 aliphatic carbocycles. The maximum Gasteiger partial charge on any atom is 0.303 e. The van der Waals surface area contributed by atoms with Gasteiger partial charge in [0.1, 0.15) is 0 Å². The summed E-state index contributed by atoms with van der Waals surface area (Å²) in [6.07, 6.45) is 7.38. The average Bonchev–Trinajstić information content (AvgIpc) is 2.98. The Kier molecular flexibility index (Phi) is 5.47. The van der Waals surface area contributed by atoms with Gasteiger partial charge in [-0.3, -0.25) is 19.2 Å².